The van der Waals surface area contributed by atoms with Crippen molar-refractivity contribution in [1.82, 2.24) is 0 Å². The molecule has 0 saturated carbocycles. The molecule has 0 saturated heterocycles. The average molecular weight is 258 g/mol. The molecule has 3 nitrogen and oxygen atoms in total. The standard InChI is InChI=1S/C16H18O3/c1-2-3-4-7-10-19-15-11-14(17)12-8-5-6-9-13(12)16(15)18/h5-6,8-9,11H,2-4,7,10H2,1H3. The number of Topliss-reactive ketones (excluding diaryl/α,β-unsaturated/α-hetero) is 1. The van der Waals surface area contributed by atoms with Crippen molar-refractivity contribution in [3.05, 3.63) is 47.2 Å². The molecule has 19 heavy (non-hydrogen) atoms. The van der Waals surface area contributed by atoms with Gasteiger partial charge in [-0.05, 0) is 6.42 Å². The first kappa shape index (κ1) is 13.5. The Morgan fingerprint density at radius 3 is 2.47 bits per heavy atom. The number of rotatable bonds is 6. The Morgan fingerprint density at radius 2 is 1.74 bits per heavy atom. The Hall–Kier alpha value is -1.90. The average Bonchev–Trinajstić information content (AvgIpc) is 2.44. The highest BCUT2D eigenvalue weighted by Gasteiger charge is 2.25. The molecule has 0 heterocycles. The molecule has 0 amide bonds. The number of hydrogen-bond acceptors (Lipinski definition) is 3. The van der Waals surface area contributed by atoms with Crippen molar-refractivity contribution in [2.75, 3.05) is 6.61 Å². The summed E-state index contributed by atoms with van der Waals surface area (Å²) in [5, 5.41) is 0. The maximum atomic E-state index is 12.1. The van der Waals surface area contributed by atoms with Crippen molar-refractivity contribution in [2.45, 2.75) is 32.6 Å². The van der Waals surface area contributed by atoms with Crippen molar-refractivity contribution in [2.24, 2.45) is 0 Å². The van der Waals surface area contributed by atoms with Crippen LogP contribution in [0.5, 0.6) is 0 Å². The first-order valence-corrected chi connectivity index (χ1v) is 6.76. The minimum Gasteiger partial charge on any atom is -0.489 e. The van der Waals surface area contributed by atoms with Crippen molar-refractivity contribution in [3.63, 3.8) is 0 Å². The second-order valence-corrected chi connectivity index (χ2v) is 4.66. The van der Waals surface area contributed by atoms with E-state index in [0.717, 1.165) is 25.7 Å². The van der Waals surface area contributed by atoms with Crippen molar-refractivity contribution in [1.29, 1.82) is 0 Å². The van der Waals surface area contributed by atoms with Crippen LogP contribution < -0.4 is 0 Å². The van der Waals surface area contributed by atoms with Gasteiger partial charge in [0.2, 0.25) is 5.78 Å². The summed E-state index contributed by atoms with van der Waals surface area (Å²) in [6.45, 7) is 2.64. The summed E-state index contributed by atoms with van der Waals surface area (Å²) in [7, 11) is 0. The Kier molecular flexibility index (Phi) is 4.50. The molecule has 1 aliphatic carbocycles. The summed E-state index contributed by atoms with van der Waals surface area (Å²) in [4.78, 5) is 24.0. The lowest BCUT2D eigenvalue weighted by Gasteiger charge is -2.15. The topological polar surface area (TPSA) is 43.4 Å². The normalized spacial score (nSPS) is 14.1. The zero-order chi connectivity index (χ0) is 13.7. The summed E-state index contributed by atoms with van der Waals surface area (Å²) >= 11 is 0. The molecule has 0 radical (unpaired) electrons. The van der Waals surface area contributed by atoms with E-state index in [4.69, 9.17) is 4.74 Å². The molecule has 0 N–H and O–H groups in total. The SMILES string of the molecule is CCCCCCOC1=CC(=O)c2ccccc2C1=O. The number of carbonyl (C=O) groups is 2. The van der Waals surface area contributed by atoms with E-state index in [0.29, 0.717) is 17.7 Å². The monoisotopic (exact) mass is 258 g/mol. The number of ether oxygens (including phenoxy) is 1. The van der Waals surface area contributed by atoms with E-state index in [1.165, 1.54) is 6.08 Å². The van der Waals surface area contributed by atoms with E-state index < -0.39 is 0 Å². The van der Waals surface area contributed by atoms with Crippen LogP contribution in [-0.2, 0) is 4.74 Å². The second kappa shape index (κ2) is 6.32. The highest BCUT2D eigenvalue weighted by molar-refractivity contribution is 6.23. The molecule has 0 aliphatic heterocycles. The molecule has 100 valence electrons. The summed E-state index contributed by atoms with van der Waals surface area (Å²) in [6, 6.07) is 6.86. The minimum atomic E-state index is -0.189. The number of fused-ring (bicyclic) bond motifs is 1. The van der Waals surface area contributed by atoms with Gasteiger partial charge in [0.15, 0.2) is 11.5 Å². The fraction of sp³-hybridized carbons (Fsp3) is 0.375. The van der Waals surface area contributed by atoms with Crippen LogP contribution in [0.15, 0.2) is 36.1 Å². The maximum absolute atomic E-state index is 12.1. The van der Waals surface area contributed by atoms with Crippen LogP contribution in [0.3, 0.4) is 0 Å². The van der Waals surface area contributed by atoms with Gasteiger partial charge in [-0.15, -0.1) is 0 Å². The Bertz CT molecular complexity index is 514. The molecule has 0 unspecified atom stereocenters. The van der Waals surface area contributed by atoms with Crippen molar-refractivity contribution < 1.29 is 14.3 Å². The molecule has 0 atom stereocenters. The first-order chi connectivity index (χ1) is 9.24. The fourth-order valence-electron chi connectivity index (χ4n) is 2.11. The number of ketones is 2. The van der Waals surface area contributed by atoms with Gasteiger partial charge in [-0.2, -0.15) is 0 Å². The second-order valence-electron chi connectivity index (χ2n) is 4.66. The Balaban J connectivity index is 2.00. The zero-order valence-electron chi connectivity index (χ0n) is 11.1. The first-order valence-electron chi connectivity index (χ1n) is 6.76. The Morgan fingerprint density at radius 1 is 1.00 bits per heavy atom. The molecule has 0 aromatic heterocycles. The van der Waals surface area contributed by atoms with Crippen molar-refractivity contribution in [3.8, 4) is 0 Å². The fourth-order valence-corrected chi connectivity index (χ4v) is 2.11. The van der Waals surface area contributed by atoms with E-state index in [1.807, 2.05) is 0 Å². The lowest BCUT2D eigenvalue weighted by atomic mass is 9.94. The smallest absolute Gasteiger partial charge is 0.228 e. The molecule has 1 aromatic carbocycles. The van der Waals surface area contributed by atoms with E-state index in [1.54, 1.807) is 24.3 Å². The number of benzene rings is 1. The molecular weight excluding hydrogens is 240 g/mol. The van der Waals surface area contributed by atoms with Gasteiger partial charge in [-0.1, -0.05) is 50.5 Å². The molecule has 1 aliphatic rings. The molecule has 0 bridgehead atoms. The van der Waals surface area contributed by atoms with Gasteiger partial charge in [0, 0.05) is 17.2 Å². The quantitative estimate of drug-likeness (QED) is 0.733. The summed E-state index contributed by atoms with van der Waals surface area (Å²) < 4.78 is 5.46. The van der Waals surface area contributed by atoms with E-state index in [-0.39, 0.29) is 17.3 Å². The zero-order valence-corrected chi connectivity index (χ0v) is 11.1. The minimum absolute atomic E-state index is 0.154. The van der Waals surface area contributed by atoms with Gasteiger partial charge >= 0.3 is 0 Å². The highest BCUT2D eigenvalue weighted by atomic mass is 16.5. The molecule has 3 heteroatoms. The van der Waals surface area contributed by atoms with Gasteiger partial charge in [-0.25, -0.2) is 0 Å². The van der Waals surface area contributed by atoms with Crippen LogP contribution in [0.2, 0.25) is 0 Å². The lowest BCUT2D eigenvalue weighted by molar-refractivity contribution is 0.0879. The van der Waals surface area contributed by atoms with Crippen LogP contribution in [0, 0.1) is 0 Å². The van der Waals surface area contributed by atoms with Crippen LogP contribution >= 0.6 is 0 Å². The number of hydrogen-bond donors (Lipinski definition) is 0. The molecule has 1 aromatic rings. The summed E-state index contributed by atoms with van der Waals surface area (Å²) in [5.74, 6) is -0.162. The number of unbranched alkanes of at least 4 members (excludes halogenated alkanes) is 3. The summed E-state index contributed by atoms with van der Waals surface area (Å²) in [5.41, 5.74) is 0.907. The third kappa shape index (κ3) is 3.11. The van der Waals surface area contributed by atoms with Crippen LogP contribution in [0.25, 0.3) is 0 Å². The van der Waals surface area contributed by atoms with Crippen molar-refractivity contribution >= 4 is 11.6 Å². The van der Waals surface area contributed by atoms with Gasteiger partial charge in [-0.3, -0.25) is 9.59 Å². The van der Waals surface area contributed by atoms with Crippen LogP contribution in [0.1, 0.15) is 53.3 Å². The predicted molar refractivity (Wildman–Crippen MR) is 73.3 cm³/mol. The Labute approximate surface area is 113 Å². The largest absolute Gasteiger partial charge is 0.489 e. The van der Waals surface area contributed by atoms with Gasteiger partial charge in [0.25, 0.3) is 0 Å². The summed E-state index contributed by atoms with van der Waals surface area (Å²) in [6.07, 6.45) is 5.63. The highest BCUT2D eigenvalue weighted by Crippen LogP contribution is 2.21. The molecule has 0 fully saturated rings. The third-order valence-corrected chi connectivity index (χ3v) is 3.18. The number of allylic oxidation sites excluding steroid dienone is 2. The van der Waals surface area contributed by atoms with E-state index in [2.05, 4.69) is 6.92 Å². The van der Waals surface area contributed by atoms with Crippen LogP contribution in [0.4, 0.5) is 0 Å². The van der Waals surface area contributed by atoms with E-state index >= 15 is 0 Å². The lowest BCUT2D eigenvalue weighted by Crippen LogP contribution is -2.18. The maximum Gasteiger partial charge on any atom is 0.228 e. The van der Waals surface area contributed by atoms with E-state index in [9.17, 15) is 9.59 Å². The predicted octanol–water partition coefficient (Wildman–Crippen LogP) is 3.55. The van der Waals surface area contributed by atoms with Gasteiger partial charge < -0.3 is 4.74 Å². The van der Waals surface area contributed by atoms with Gasteiger partial charge in [0.1, 0.15) is 0 Å². The number of carbonyl (C=O) groups excluding carboxylic acids is 2. The molecule has 2 rings (SSSR count). The third-order valence-electron chi connectivity index (χ3n) is 3.18. The van der Waals surface area contributed by atoms with Crippen LogP contribution in [-0.4, -0.2) is 18.2 Å². The molecule has 0 spiro atoms. The van der Waals surface area contributed by atoms with Gasteiger partial charge in [0.05, 0.1) is 6.61 Å². The molecular formula is C16H18O3.